The first-order valence-electron chi connectivity index (χ1n) is 8.96. The zero-order valence-electron chi connectivity index (χ0n) is 14.8. The molecule has 136 valence electrons. The summed E-state index contributed by atoms with van der Waals surface area (Å²) in [7, 11) is 4.09. The summed E-state index contributed by atoms with van der Waals surface area (Å²) < 4.78 is 12.2. The molecule has 0 heterocycles. The maximum Gasteiger partial charge on any atom is 0.200 e. The maximum absolute atomic E-state index is 10.6. The van der Waals surface area contributed by atoms with Gasteiger partial charge in [0.25, 0.3) is 0 Å². The van der Waals surface area contributed by atoms with Gasteiger partial charge in [-0.2, -0.15) is 0 Å². The highest BCUT2D eigenvalue weighted by atomic mass is 35.5. The van der Waals surface area contributed by atoms with Crippen LogP contribution in [0.15, 0.2) is 12.1 Å². The van der Waals surface area contributed by atoms with Crippen molar-refractivity contribution in [3.8, 4) is 17.2 Å². The molecule has 2 aliphatic carbocycles. The van der Waals surface area contributed by atoms with Crippen molar-refractivity contribution in [2.75, 3.05) is 14.1 Å². The molecule has 4 nitrogen and oxygen atoms in total. The minimum absolute atomic E-state index is 0. The molecule has 0 spiro atoms. The van der Waals surface area contributed by atoms with E-state index in [0.29, 0.717) is 11.5 Å². The van der Waals surface area contributed by atoms with Crippen LogP contribution < -0.4 is 9.47 Å². The molecule has 0 amide bonds. The van der Waals surface area contributed by atoms with Crippen molar-refractivity contribution >= 4 is 12.4 Å². The SMILES string of the molecule is CN(C)Cc1cc(OC2CCCC2)c(O)c(OC2CCCC2)c1.Cl. The highest BCUT2D eigenvalue weighted by molar-refractivity contribution is 5.85. The third kappa shape index (κ3) is 4.93. The molecule has 5 heteroatoms. The number of nitrogens with zero attached hydrogens (tertiary/aromatic N) is 1. The molecular formula is C19H30ClNO3. The molecule has 0 aliphatic heterocycles. The van der Waals surface area contributed by atoms with Gasteiger partial charge < -0.3 is 19.5 Å². The van der Waals surface area contributed by atoms with Crippen molar-refractivity contribution in [2.45, 2.75) is 70.1 Å². The second-order valence-corrected chi connectivity index (χ2v) is 7.23. The molecule has 24 heavy (non-hydrogen) atoms. The summed E-state index contributed by atoms with van der Waals surface area (Å²) in [6.07, 6.45) is 9.65. The number of benzene rings is 1. The number of phenolic OH excluding ortho intramolecular Hbond substituents is 1. The van der Waals surface area contributed by atoms with Crippen molar-refractivity contribution in [1.29, 1.82) is 0 Å². The van der Waals surface area contributed by atoms with E-state index in [1.54, 1.807) is 0 Å². The number of rotatable bonds is 6. The van der Waals surface area contributed by atoms with Crippen molar-refractivity contribution < 1.29 is 14.6 Å². The van der Waals surface area contributed by atoms with E-state index < -0.39 is 0 Å². The largest absolute Gasteiger partial charge is 0.502 e. The maximum atomic E-state index is 10.6. The summed E-state index contributed by atoms with van der Waals surface area (Å²) in [5, 5.41) is 10.6. The molecule has 3 rings (SSSR count). The van der Waals surface area contributed by atoms with Gasteiger partial charge in [-0.05, 0) is 83.2 Å². The van der Waals surface area contributed by atoms with Crippen molar-refractivity contribution in [3.63, 3.8) is 0 Å². The van der Waals surface area contributed by atoms with Crippen LogP contribution in [0.2, 0.25) is 0 Å². The number of hydrogen-bond acceptors (Lipinski definition) is 4. The molecule has 2 aliphatic rings. The van der Waals surface area contributed by atoms with Crippen LogP contribution in [-0.4, -0.2) is 36.3 Å². The zero-order valence-corrected chi connectivity index (χ0v) is 15.6. The molecule has 0 unspecified atom stereocenters. The minimum atomic E-state index is 0. The van der Waals surface area contributed by atoms with Gasteiger partial charge in [0.2, 0.25) is 5.75 Å². The fourth-order valence-electron chi connectivity index (χ4n) is 3.64. The average Bonchev–Trinajstić information content (AvgIpc) is 3.16. The number of halogens is 1. The number of aromatic hydroxyl groups is 1. The van der Waals surface area contributed by atoms with E-state index in [2.05, 4.69) is 4.90 Å². The normalized spacial score (nSPS) is 18.8. The van der Waals surface area contributed by atoms with Crippen LogP contribution >= 0.6 is 12.4 Å². The Morgan fingerprint density at radius 1 is 0.917 bits per heavy atom. The van der Waals surface area contributed by atoms with Crippen LogP contribution in [0.25, 0.3) is 0 Å². The lowest BCUT2D eigenvalue weighted by molar-refractivity contribution is 0.183. The Bertz CT molecular complexity index is 484. The quantitative estimate of drug-likeness (QED) is 0.814. The fourth-order valence-corrected chi connectivity index (χ4v) is 3.64. The van der Waals surface area contributed by atoms with Gasteiger partial charge >= 0.3 is 0 Å². The van der Waals surface area contributed by atoms with Gasteiger partial charge in [-0.25, -0.2) is 0 Å². The molecule has 0 saturated heterocycles. The Kier molecular flexibility index (Phi) is 7.05. The lowest BCUT2D eigenvalue weighted by atomic mass is 10.1. The smallest absolute Gasteiger partial charge is 0.200 e. The van der Waals surface area contributed by atoms with Crippen LogP contribution in [0.3, 0.4) is 0 Å². The van der Waals surface area contributed by atoms with E-state index in [9.17, 15) is 5.11 Å². The molecular weight excluding hydrogens is 326 g/mol. The van der Waals surface area contributed by atoms with Crippen LogP contribution in [0.4, 0.5) is 0 Å². The third-order valence-corrected chi connectivity index (χ3v) is 4.79. The standard InChI is InChI=1S/C19H29NO3.ClH/c1-20(2)13-14-11-17(22-15-7-3-4-8-15)19(21)18(12-14)23-16-9-5-6-10-16;/h11-12,15-16,21H,3-10,13H2,1-2H3;1H. The number of hydrogen-bond donors (Lipinski definition) is 1. The summed E-state index contributed by atoms with van der Waals surface area (Å²) in [5.74, 6) is 1.35. The van der Waals surface area contributed by atoms with E-state index in [0.717, 1.165) is 37.8 Å². The predicted octanol–water partition coefficient (Wildman–Crippen LogP) is 4.52. The van der Waals surface area contributed by atoms with Crippen molar-refractivity contribution in [1.82, 2.24) is 4.90 Å². The highest BCUT2D eigenvalue weighted by Gasteiger charge is 2.23. The Balaban J connectivity index is 0.00000208. The predicted molar refractivity (Wildman–Crippen MR) is 98.5 cm³/mol. The van der Waals surface area contributed by atoms with Gasteiger partial charge in [-0.3, -0.25) is 0 Å². The number of phenols is 1. The Morgan fingerprint density at radius 3 is 1.71 bits per heavy atom. The highest BCUT2D eigenvalue weighted by Crippen LogP contribution is 2.41. The van der Waals surface area contributed by atoms with Gasteiger partial charge in [-0.1, -0.05) is 0 Å². The Hall–Kier alpha value is -1.13. The van der Waals surface area contributed by atoms with Crippen molar-refractivity contribution in [2.24, 2.45) is 0 Å². The Labute approximate surface area is 151 Å². The summed E-state index contributed by atoms with van der Waals surface area (Å²) in [6, 6.07) is 3.93. The molecule has 2 saturated carbocycles. The molecule has 1 aromatic rings. The van der Waals surface area contributed by atoms with E-state index in [1.807, 2.05) is 26.2 Å². The van der Waals surface area contributed by atoms with Gasteiger partial charge in [0, 0.05) is 6.54 Å². The van der Waals surface area contributed by atoms with E-state index >= 15 is 0 Å². The molecule has 0 radical (unpaired) electrons. The van der Waals surface area contributed by atoms with E-state index in [-0.39, 0.29) is 30.4 Å². The van der Waals surface area contributed by atoms with Crippen molar-refractivity contribution in [3.05, 3.63) is 17.7 Å². The monoisotopic (exact) mass is 355 g/mol. The summed E-state index contributed by atoms with van der Waals surface area (Å²) in [6.45, 7) is 0.808. The van der Waals surface area contributed by atoms with E-state index in [4.69, 9.17) is 9.47 Å². The molecule has 0 atom stereocenters. The molecule has 0 aromatic heterocycles. The van der Waals surface area contributed by atoms with Crippen LogP contribution in [-0.2, 0) is 6.54 Å². The molecule has 1 N–H and O–H groups in total. The zero-order chi connectivity index (χ0) is 16.2. The van der Waals surface area contributed by atoms with Gasteiger partial charge in [0.15, 0.2) is 11.5 Å². The van der Waals surface area contributed by atoms with Gasteiger partial charge in [0.1, 0.15) is 0 Å². The first-order chi connectivity index (χ1) is 11.1. The third-order valence-electron chi connectivity index (χ3n) is 4.79. The van der Waals surface area contributed by atoms with Crippen LogP contribution in [0, 0.1) is 0 Å². The van der Waals surface area contributed by atoms with Gasteiger partial charge in [-0.15, -0.1) is 12.4 Å². The average molecular weight is 356 g/mol. The number of ether oxygens (including phenoxy) is 2. The first-order valence-corrected chi connectivity index (χ1v) is 8.96. The first kappa shape index (κ1) is 19.2. The molecule has 2 fully saturated rings. The fraction of sp³-hybridized carbons (Fsp3) is 0.684. The van der Waals surface area contributed by atoms with Crippen LogP contribution in [0.5, 0.6) is 17.2 Å². The summed E-state index contributed by atoms with van der Waals surface area (Å²) in [4.78, 5) is 2.12. The summed E-state index contributed by atoms with van der Waals surface area (Å²) >= 11 is 0. The van der Waals surface area contributed by atoms with E-state index in [1.165, 1.54) is 25.7 Å². The molecule has 1 aromatic carbocycles. The second-order valence-electron chi connectivity index (χ2n) is 7.23. The molecule has 0 bridgehead atoms. The lowest BCUT2D eigenvalue weighted by Crippen LogP contribution is -2.15. The Morgan fingerprint density at radius 2 is 1.33 bits per heavy atom. The minimum Gasteiger partial charge on any atom is -0.502 e. The summed E-state index contributed by atoms with van der Waals surface area (Å²) in [5.41, 5.74) is 1.12. The second kappa shape index (κ2) is 8.82. The lowest BCUT2D eigenvalue weighted by Gasteiger charge is -2.21. The topological polar surface area (TPSA) is 41.9 Å². The van der Waals surface area contributed by atoms with Crippen LogP contribution in [0.1, 0.15) is 56.9 Å². The van der Waals surface area contributed by atoms with Gasteiger partial charge in [0.05, 0.1) is 12.2 Å².